The van der Waals surface area contributed by atoms with Crippen molar-refractivity contribution in [1.82, 2.24) is 19.7 Å². The van der Waals surface area contributed by atoms with Gasteiger partial charge in [0.15, 0.2) is 0 Å². The van der Waals surface area contributed by atoms with Crippen LogP contribution in [0, 0.1) is 0 Å². The number of hydrogen-bond acceptors (Lipinski definition) is 5. The van der Waals surface area contributed by atoms with Crippen molar-refractivity contribution in [2.45, 2.75) is 18.9 Å². The molecule has 0 spiro atoms. The van der Waals surface area contributed by atoms with Gasteiger partial charge >= 0.3 is 0 Å². The molecule has 5 rings (SSSR count). The summed E-state index contributed by atoms with van der Waals surface area (Å²) in [6.45, 7) is 1.93. The highest BCUT2D eigenvalue weighted by Crippen LogP contribution is 2.33. The van der Waals surface area contributed by atoms with Crippen molar-refractivity contribution in [3.05, 3.63) is 66.2 Å². The summed E-state index contributed by atoms with van der Waals surface area (Å²) in [4.78, 5) is 19.5. The molecule has 0 radical (unpaired) electrons. The topological polar surface area (TPSA) is 103 Å². The van der Waals surface area contributed by atoms with Crippen LogP contribution in [0.2, 0.25) is 0 Å². The number of nitrogen functional groups attached to an aromatic ring is 1. The van der Waals surface area contributed by atoms with Gasteiger partial charge in [-0.3, -0.25) is 4.79 Å². The molecule has 4 N–H and O–H groups in total. The summed E-state index contributed by atoms with van der Waals surface area (Å²) in [6.07, 6.45) is 1.86. The lowest BCUT2D eigenvalue weighted by molar-refractivity contribution is 0.100. The summed E-state index contributed by atoms with van der Waals surface area (Å²) in [5.41, 5.74) is 16.5. The Bertz CT molecular complexity index is 1290. The molecular formula is C25H26N6O. The maximum absolute atomic E-state index is 12.3. The van der Waals surface area contributed by atoms with Gasteiger partial charge in [-0.1, -0.05) is 48.5 Å². The molecule has 0 unspecified atom stereocenters. The quantitative estimate of drug-likeness (QED) is 0.518. The average Bonchev–Trinajstić information content (AvgIpc) is 3.17. The van der Waals surface area contributed by atoms with Crippen LogP contribution < -0.4 is 11.5 Å². The highest BCUT2D eigenvalue weighted by Gasteiger charge is 2.27. The molecule has 2 aromatic carbocycles. The van der Waals surface area contributed by atoms with Crippen LogP contribution in [0.3, 0.4) is 0 Å². The number of rotatable bonds is 4. The Morgan fingerprint density at radius 2 is 1.72 bits per heavy atom. The minimum absolute atomic E-state index is 0.154. The third-order valence-corrected chi connectivity index (χ3v) is 6.26. The summed E-state index contributed by atoms with van der Waals surface area (Å²) >= 11 is 0. The minimum Gasteiger partial charge on any atom is -0.383 e. The number of fused-ring (bicyclic) bond motifs is 1. The number of nitrogens with zero attached hydrogens (tertiary/aromatic N) is 4. The zero-order valence-corrected chi connectivity index (χ0v) is 18.0. The van der Waals surface area contributed by atoms with Gasteiger partial charge in [0.1, 0.15) is 17.1 Å². The van der Waals surface area contributed by atoms with Crippen molar-refractivity contribution >= 4 is 22.6 Å². The van der Waals surface area contributed by atoms with E-state index in [9.17, 15) is 4.79 Å². The van der Waals surface area contributed by atoms with Gasteiger partial charge in [-0.25, -0.2) is 9.67 Å². The third-order valence-electron chi connectivity index (χ3n) is 6.26. The second-order valence-electron chi connectivity index (χ2n) is 8.42. The molecule has 1 saturated heterocycles. The van der Waals surface area contributed by atoms with E-state index < -0.39 is 5.91 Å². The van der Waals surface area contributed by atoms with Crippen LogP contribution in [-0.2, 0) is 0 Å². The molecule has 0 bridgehead atoms. The van der Waals surface area contributed by atoms with Crippen molar-refractivity contribution in [1.29, 1.82) is 0 Å². The maximum Gasteiger partial charge on any atom is 0.254 e. The lowest BCUT2D eigenvalue weighted by Gasteiger charge is -2.29. The Balaban J connectivity index is 1.59. The van der Waals surface area contributed by atoms with E-state index in [2.05, 4.69) is 18.0 Å². The molecule has 7 heteroatoms. The SMILES string of the molecule is CN1CCC(n2nc(-c3ccc4ccc(-c5ccccc5)nc4c3)c(C(N)=O)c2N)CC1. The number of amides is 1. The van der Waals surface area contributed by atoms with E-state index in [1.807, 2.05) is 54.6 Å². The molecule has 32 heavy (non-hydrogen) atoms. The number of piperidine rings is 1. The molecule has 1 aliphatic rings. The van der Waals surface area contributed by atoms with Crippen molar-refractivity contribution in [3.8, 4) is 22.5 Å². The number of carbonyl (C=O) groups excluding carboxylic acids is 1. The maximum atomic E-state index is 12.3. The Morgan fingerprint density at radius 1 is 1.00 bits per heavy atom. The van der Waals surface area contributed by atoms with Crippen molar-refractivity contribution in [3.63, 3.8) is 0 Å². The highest BCUT2D eigenvalue weighted by molar-refractivity contribution is 6.04. The number of carbonyl (C=O) groups is 1. The Hall–Kier alpha value is -3.71. The van der Waals surface area contributed by atoms with Crippen LogP contribution >= 0.6 is 0 Å². The van der Waals surface area contributed by atoms with Crippen LogP contribution in [-0.4, -0.2) is 45.7 Å². The molecule has 0 saturated carbocycles. The van der Waals surface area contributed by atoms with E-state index in [4.69, 9.17) is 21.5 Å². The van der Waals surface area contributed by atoms with Crippen molar-refractivity contribution in [2.75, 3.05) is 25.9 Å². The molecule has 3 heterocycles. The molecule has 1 fully saturated rings. The number of pyridine rings is 1. The molecule has 1 amide bonds. The number of nitrogens with two attached hydrogens (primary N) is 2. The number of likely N-dealkylation sites (tertiary alicyclic amines) is 1. The second-order valence-corrected chi connectivity index (χ2v) is 8.42. The molecule has 162 valence electrons. The van der Waals surface area contributed by atoms with Crippen molar-refractivity contribution in [2.24, 2.45) is 5.73 Å². The van der Waals surface area contributed by atoms with Gasteiger partial charge in [-0.2, -0.15) is 5.10 Å². The first-order valence-corrected chi connectivity index (χ1v) is 10.8. The van der Waals surface area contributed by atoms with Gasteiger partial charge in [0.2, 0.25) is 0 Å². The average molecular weight is 427 g/mol. The van der Waals surface area contributed by atoms with E-state index in [1.54, 1.807) is 4.68 Å². The second kappa shape index (κ2) is 8.09. The normalized spacial score (nSPS) is 15.3. The first-order valence-electron chi connectivity index (χ1n) is 10.8. The van der Waals surface area contributed by atoms with Gasteiger partial charge in [0.05, 0.1) is 17.3 Å². The summed E-state index contributed by atoms with van der Waals surface area (Å²) in [5, 5.41) is 5.79. The zero-order chi connectivity index (χ0) is 22.2. The summed E-state index contributed by atoms with van der Waals surface area (Å²) in [6, 6.07) is 20.1. The number of anilines is 1. The summed E-state index contributed by atoms with van der Waals surface area (Å²) < 4.78 is 1.79. The number of primary amides is 1. The van der Waals surface area contributed by atoms with E-state index in [1.165, 1.54) is 0 Å². The molecule has 0 atom stereocenters. The lowest BCUT2D eigenvalue weighted by Crippen LogP contribution is -2.32. The fraction of sp³-hybridized carbons (Fsp3) is 0.240. The summed E-state index contributed by atoms with van der Waals surface area (Å²) in [5.74, 6) is -0.226. The molecular weight excluding hydrogens is 400 g/mol. The van der Waals surface area contributed by atoms with Crippen LogP contribution in [0.15, 0.2) is 60.7 Å². The van der Waals surface area contributed by atoms with Crippen LogP contribution in [0.4, 0.5) is 5.82 Å². The Morgan fingerprint density at radius 3 is 2.44 bits per heavy atom. The van der Waals surface area contributed by atoms with E-state index >= 15 is 0 Å². The van der Waals surface area contributed by atoms with Gasteiger partial charge < -0.3 is 16.4 Å². The van der Waals surface area contributed by atoms with E-state index in [-0.39, 0.29) is 11.6 Å². The first-order chi connectivity index (χ1) is 15.5. The van der Waals surface area contributed by atoms with E-state index in [0.717, 1.165) is 53.7 Å². The largest absolute Gasteiger partial charge is 0.383 e. The fourth-order valence-electron chi connectivity index (χ4n) is 4.44. The third kappa shape index (κ3) is 3.61. The first kappa shape index (κ1) is 20.2. The molecule has 1 aliphatic heterocycles. The molecule has 4 aromatic rings. The smallest absolute Gasteiger partial charge is 0.254 e. The van der Waals surface area contributed by atoms with E-state index in [0.29, 0.717) is 11.5 Å². The van der Waals surface area contributed by atoms with Gasteiger partial charge in [-0.15, -0.1) is 0 Å². The monoisotopic (exact) mass is 426 g/mol. The van der Waals surface area contributed by atoms with Crippen LogP contribution in [0.1, 0.15) is 29.2 Å². The fourth-order valence-corrected chi connectivity index (χ4v) is 4.44. The van der Waals surface area contributed by atoms with Crippen LogP contribution in [0.25, 0.3) is 33.4 Å². The number of aromatic nitrogens is 3. The van der Waals surface area contributed by atoms with Crippen LogP contribution in [0.5, 0.6) is 0 Å². The number of benzene rings is 2. The number of hydrogen-bond donors (Lipinski definition) is 2. The Labute approximate surface area is 186 Å². The predicted molar refractivity (Wildman–Crippen MR) is 127 cm³/mol. The van der Waals surface area contributed by atoms with Gasteiger partial charge in [0, 0.05) is 16.5 Å². The van der Waals surface area contributed by atoms with Gasteiger partial charge in [-0.05, 0) is 45.1 Å². The highest BCUT2D eigenvalue weighted by atomic mass is 16.1. The van der Waals surface area contributed by atoms with Crippen molar-refractivity contribution < 1.29 is 4.79 Å². The standard InChI is InChI=1S/C25H26N6O/c1-30-13-11-19(12-14-30)31-24(26)22(25(27)32)23(29-31)18-8-7-17-9-10-20(28-21(17)15-18)16-5-3-2-4-6-16/h2-10,15,19H,11-14,26H2,1H3,(H2,27,32). The lowest BCUT2D eigenvalue weighted by atomic mass is 10.0. The minimum atomic E-state index is -0.567. The molecule has 2 aromatic heterocycles. The zero-order valence-electron chi connectivity index (χ0n) is 18.0. The summed E-state index contributed by atoms with van der Waals surface area (Å²) in [7, 11) is 2.11. The molecule has 7 nitrogen and oxygen atoms in total. The predicted octanol–water partition coefficient (Wildman–Crippen LogP) is 3.71. The Kier molecular flexibility index (Phi) is 5.11. The van der Waals surface area contributed by atoms with Gasteiger partial charge in [0.25, 0.3) is 5.91 Å². The molecule has 0 aliphatic carbocycles.